The molecule has 0 amide bonds. The molecule has 0 spiro atoms. The summed E-state index contributed by atoms with van der Waals surface area (Å²) >= 11 is 0. The Kier molecular flexibility index (Phi) is 4.55. The van der Waals surface area contributed by atoms with Gasteiger partial charge < -0.3 is 4.74 Å². The molecule has 0 saturated carbocycles. The van der Waals surface area contributed by atoms with Gasteiger partial charge in [0.1, 0.15) is 6.67 Å². The van der Waals surface area contributed by atoms with Gasteiger partial charge in [0.2, 0.25) is 0 Å². The van der Waals surface area contributed by atoms with Gasteiger partial charge in [0, 0.05) is 11.5 Å². The van der Waals surface area contributed by atoms with Crippen LogP contribution in [0.15, 0.2) is 11.8 Å². The lowest BCUT2D eigenvalue weighted by atomic mass is 9.81. The summed E-state index contributed by atoms with van der Waals surface area (Å²) in [6.45, 7) is -0.815. The maximum absolute atomic E-state index is 14.1. The van der Waals surface area contributed by atoms with E-state index < -0.39 is 36.2 Å². The maximum Gasteiger partial charge on any atom is 0.293 e. The minimum Gasteiger partial charge on any atom is -0.501 e. The molecule has 18 heavy (non-hydrogen) atoms. The summed E-state index contributed by atoms with van der Waals surface area (Å²) in [6, 6.07) is 0. The van der Waals surface area contributed by atoms with E-state index in [0.29, 0.717) is 6.26 Å². The number of allylic oxidation sites excluding steroid dienone is 1. The lowest BCUT2D eigenvalue weighted by Crippen LogP contribution is -2.55. The largest absolute Gasteiger partial charge is 0.501 e. The van der Waals surface area contributed by atoms with Gasteiger partial charge in [-0.1, -0.05) is 6.92 Å². The normalized spacial score (nSPS) is 33.1. The van der Waals surface area contributed by atoms with Gasteiger partial charge in [0.25, 0.3) is 18.0 Å². The van der Waals surface area contributed by atoms with Crippen molar-refractivity contribution in [2.45, 2.75) is 37.8 Å². The van der Waals surface area contributed by atoms with Crippen LogP contribution in [0.1, 0.15) is 19.8 Å². The van der Waals surface area contributed by atoms with Gasteiger partial charge in [0.15, 0.2) is 0 Å². The summed E-state index contributed by atoms with van der Waals surface area (Å²) in [6.07, 6.45) is -3.69. The smallest absolute Gasteiger partial charge is 0.293 e. The lowest BCUT2D eigenvalue weighted by Gasteiger charge is -2.36. The van der Waals surface area contributed by atoms with Crippen LogP contribution in [0.25, 0.3) is 0 Å². The standard InChI is InChI=1S/C11H14F6O/c1-7-3-2-4-18-6-8(5-12)10(15,9(13)14)11(7,16)17/h6-7,9H,2-5H2,1H3. The van der Waals surface area contributed by atoms with Crippen molar-refractivity contribution in [3.05, 3.63) is 11.8 Å². The molecular weight excluding hydrogens is 262 g/mol. The zero-order chi connectivity index (χ0) is 14.0. The van der Waals surface area contributed by atoms with Crippen LogP contribution in [0.4, 0.5) is 26.3 Å². The van der Waals surface area contributed by atoms with Crippen molar-refractivity contribution in [2.75, 3.05) is 13.3 Å². The van der Waals surface area contributed by atoms with E-state index in [0.717, 1.165) is 6.92 Å². The van der Waals surface area contributed by atoms with Crippen molar-refractivity contribution in [1.82, 2.24) is 0 Å². The molecule has 1 rings (SSSR count). The van der Waals surface area contributed by atoms with Crippen molar-refractivity contribution in [3.8, 4) is 0 Å². The molecule has 0 aromatic heterocycles. The van der Waals surface area contributed by atoms with Gasteiger partial charge in [0.05, 0.1) is 12.9 Å². The third-order valence-electron chi connectivity index (χ3n) is 3.14. The zero-order valence-corrected chi connectivity index (χ0v) is 9.74. The van der Waals surface area contributed by atoms with E-state index >= 15 is 0 Å². The number of alkyl halides is 6. The number of rotatable bonds is 2. The third kappa shape index (κ3) is 2.31. The molecule has 1 nitrogen and oxygen atoms in total. The molecule has 0 radical (unpaired) electrons. The highest BCUT2D eigenvalue weighted by atomic mass is 19.3. The Balaban J connectivity index is 3.31. The highest BCUT2D eigenvalue weighted by molar-refractivity contribution is 5.23. The van der Waals surface area contributed by atoms with Gasteiger partial charge in [-0.05, 0) is 12.8 Å². The molecule has 0 aromatic carbocycles. The van der Waals surface area contributed by atoms with Crippen molar-refractivity contribution >= 4 is 0 Å². The Morgan fingerprint density at radius 2 is 2.00 bits per heavy atom. The molecular formula is C11H14F6O. The Morgan fingerprint density at radius 1 is 1.39 bits per heavy atom. The third-order valence-corrected chi connectivity index (χ3v) is 3.14. The second-order valence-corrected chi connectivity index (χ2v) is 4.33. The fraction of sp³-hybridized carbons (Fsp3) is 0.818. The summed E-state index contributed by atoms with van der Waals surface area (Å²) in [7, 11) is 0. The Hall–Kier alpha value is -0.880. The van der Waals surface area contributed by atoms with E-state index in [1.807, 2.05) is 0 Å². The van der Waals surface area contributed by atoms with Gasteiger partial charge in [-0.25, -0.2) is 26.3 Å². The first kappa shape index (κ1) is 15.2. The van der Waals surface area contributed by atoms with Gasteiger partial charge in [-0.3, -0.25) is 0 Å². The van der Waals surface area contributed by atoms with Crippen molar-refractivity contribution < 1.29 is 31.1 Å². The maximum atomic E-state index is 14.1. The Bertz CT molecular complexity index is 317. The first-order valence-electron chi connectivity index (χ1n) is 5.50. The summed E-state index contributed by atoms with van der Waals surface area (Å²) in [4.78, 5) is 0. The summed E-state index contributed by atoms with van der Waals surface area (Å²) in [5, 5.41) is 0. The van der Waals surface area contributed by atoms with Crippen LogP contribution in [0.2, 0.25) is 0 Å². The van der Waals surface area contributed by atoms with Crippen LogP contribution in [0.5, 0.6) is 0 Å². The number of hydrogen-bond acceptors (Lipinski definition) is 1. The molecule has 1 heterocycles. The molecule has 0 saturated heterocycles. The fourth-order valence-electron chi connectivity index (χ4n) is 1.89. The minimum atomic E-state index is -4.35. The molecule has 0 N–H and O–H groups in total. The first-order chi connectivity index (χ1) is 8.28. The molecule has 1 aliphatic heterocycles. The highest BCUT2D eigenvalue weighted by Crippen LogP contribution is 2.49. The molecule has 0 bridgehead atoms. The predicted molar refractivity (Wildman–Crippen MR) is 53.2 cm³/mol. The van der Waals surface area contributed by atoms with Crippen molar-refractivity contribution in [2.24, 2.45) is 5.92 Å². The molecule has 7 heteroatoms. The van der Waals surface area contributed by atoms with E-state index in [2.05, 4.69) is 4.74 Å². The van der Waals surface area contributed by atoms with Crippen LogP contribution < -0.4 is 0 Å². The minimum absolute atomic E-state index is 0.0385. The van der Waals surface area contributed by atoms with Gasteiger partial charge in [-0.2, -0.15) is 0 Å². The second-order valence-electron chi connectivity index (χ2n) is 4.33. The summed E-state index contributed by atoms with van der Waals surface area (Å²) in [5.41, 5.74) is -5.68. The van der Waals surface area contributed by atoms with Gasteiger partial charge >= 0.3 is 0 Å². The van der Waals surface area contributed by atoms with E-state index in [4.69, 9.17) is 0 Å². The monoisotopic (exact) mass is 276 g/mol. The summed E-state index contributed by atoms with van der Waals surface area (Å²) < 4.78 is 84.5. The first-order valence-corrected chi connectivity index (χ1v) is 5.50. The molecule has 1 aliphatic rings. The average Bonchev–Trinajstić information content (AvgIpc) is 2.34. The molecule has 106 valence electrons. The quantitative estimate of drug-likeness (QED) is 0.695. The molecule has 0 aromatic rings. The highest BCUT2D eigenvalue weighted by Gasteiger charge is 2.65. The fourth-order valence-corrected chi connectivity index (χ4v) is 1.89. The summed E-state index contributed by atoms with van der Waals surface area (Å²) in [5.74, 6) is -5.99. The number of hydrogen-bond donors (Lipinski definition) is 0. The van der Waals surface area contributed by atoms with Crippen LogP contribution >= 0.6 is 0 Å². The SMILES string of the molecule is CC1CCCOC=C(CF)C(F)(C(F)F)C1(F)F. The van der Waals surface area contributed by atoms with Crippen LogP contribution in [-0.2, 0) is 4.74 Å². The van der Waals surface area contributed by atoms with E-state index in [1.165, 1.54) is 0 Å². The topological polar surface area (TPSA) is 9.23 Å². The lowest BCUT2D eigenvalue weighted by molar-refractivity contribution is -0.205. The van der Waals surface area contributed by atoms with Crippen LogP contribution in [-0.4, -0.2) is 31.3 Å². The van der Waals surface area contributed by atoms with E-state index in [-0.39, 0.29) is 19.4 Å². The predicted octanol–water partition coefficient (Wildman–Crippen LogP) is 3.90. The van der Waals surface area contributed by atoms with Gasteiger partial charge in [-0.15, -0.1) is 0 Å². The Morgan fingerprint density at radius 3 is 2.50 bits per heavy atom. The van der Waals surface area contributed by atoms with E-state index in [9.17, 15) is 26.3 Å². The Labute approximate surface area is 101 Å². The van der Waals surface area contributed by atoms with Crippen molar-refractivity contribution in [3.63, 3.8) is 0 Å². The zero-order valence-electron chi connectivity index (χ0n) is 9.74. The van der Waals surface area contributed by atoms with Crippen LogP contribution in [0, 0.1) is 5.92 Å². The number of ether oxygens (including phenoxy) is 1. The number of halogens is 6. The molecule has 2 atom stereocenters. The molecule has 0 aliphatic carbocycles. The second kappa shape index (κ2) is 5.40. The molecule has 2 unspecified atom stereocenters. The van der Waals surface area contributed by atoms with Crippen molar-refractivity contribution in [1.29, 1.82) is 0 Å². The van der Waals surface area contributed by atoms with Crippen LogP contribution in [0.3, 0.4) is 0 Å². The molecule has 0 fully saturated rings. The average molecular weight is 276 g/mol. The van der Waals surface area contributed by atoms with E-state index in [1.54, 1.807) is 0 Å².